The number of hydrogen-bond acceptors (Lipinski definition) is 3. The molecule has 0 unspecified atom stereocenters. The molecule has 82 valence electrons. The number of nitrogens with one attached hydrogen (secondary N) is 1. The van der Waals surface area contributed by atoms with Crippen LogP contribution in [0.1, 0.15) is 25.7 Å². The molecule has 1 aliphatic carbocycles. The Hall–Kier alpha value is -0.810. The highest BCUT2D eigenvalue weighted by atomic mass is 16.5. The van der Waals surface area contributed by atoms with E-state index in [1.807, 2.05) is 0 Å². The maximum absolute atomic E-state index is 10.4. The highest BCUT2D eigenvalue weighted by molar-refractivity contribution is 5.64. The van der Waals surface area contributed by atoms with Gasteiger partial charge in [-0.05, 0) is 25.7 Å². The Morgan fingerprint density at radius 2 is 2.14 bits per heavy atom. The van der Waals surface area contributed by atoms with Crippen molar-refractivity contribution >= 4 is 6.09 Å². The molecule has 0 bridgehead atoms. The molecule has 14 heavy (non-hydrogen) atoms. The third-order valence-electron chi connectivity index (χ3n) is 2.66. The second kappa shape index (κ2) is 4.61. The molecule has 0 aromatic heterocycles. The number of methoxy groups -OCH3 is 1. The Balaban J connectivity index is 2.33. The van der Waals surface area contributed by atoms with Crippen LogP contribution in [-0.4, -0.2) is 41.7 Å². The smallest absolute Gasteiger partial charge is 0.404 e. The molecule has 0 saturated heterocycles. The van der Waals surface area contributed by atoms with Crippen molar-refractivity contribution in [1.29, 1.82) is 0 Å². The van der Waals surface area contributed by atoms with Crippen LogP contribution >= 0.6 is 0 Å². The molecule has 1 amide bonds. The third-order valence-corrected chi connectivity index (χ3v) is 2.66. The summed E-state index contributed by atoms with van der Waals surface area (Å²) in [6.07, 6.45) is 1.53. The molecular formula is C9H17NO4. The van der Waals surface area contributed by atoms with Gasteiger partial charge in [-0.3, -0.25) is 0 Å². The van der Waals surface area contributed by atoms with Crippen LogP contribution in [0.25, 0.3) is 0 Å². The summed E-state index contributed by atoms with van der Waals surface area (Å²) in [7, 11) is 1.56. The molecule has 0 radical (unpaired) electrons. The van der Waals surface area contributed by atoms with Crippen molar-refractivity contribution in [2.24, 2.45) is 0 Å². The van der Waals surface area contributed by atoms with E-state index >= 15 is 0 Å². The van der Waals surface area contributed by atoms with Gasteiger partial charge < -0.3 is 20.3 Å². The molecule has 1 aliphatic rings. The van der Waals surface area contributed by atoms with Crippen molar-refractivity contribution in [2.75, 3.05) is 13.7 Å². The summed E-state index contributed by atoms with van der Waals surface area (Å²) in [5.41, 5.74) is -0.758. The molecule has 5 nitrogen and oxygen atoms in total. The van der Waals surface area contributed by atoms with Crippen LogP contribution in [0.3, 0.4) is 0 Å². The van der Waals surface area contributed by atoms with E-state index in [9.17, 15) is 9.90 Å². The van der Waals surface area contributed by atoms with E-state index in [2.05, 4.69) is 5.32 Å². The minimum absolute atomic E-state index is 0.0235. The lowest BCUT2D eigenvalue weighted by Crippen LogP contribution is -2.45. The normalized spacial score (nSPS) is 32.6. The minimum Gasteiger partial charge on any atom is -0.465 e. The van der Waals surface area contributed by atoms with Gasteiger partial charge in [0.15, 0.2) is 0 Å². The van der Waals surface area contributed by atoms with Crippen LogP contribution in [0.4, 0.5) is 4.79 Å². The lowest BCUT2D eigenvalue weighted by molar-refractivity contribution is -0.0599. The van der Waals surface area contributed by atoms with Crippen molar-refractivity contribution in [1.82, 2.24) is 5.32 Å². The van der Waals surface area contributed by atoms with E-state index in [-0.39, 0.29) is 6.04 Å². The molecule has 0 aromatic rings. The van der Waals surface area contributed by atoms with Gasteiger partial charge in [-0.2, -0.15) is 0 Å². The average molecular weight is 203 g/mol. The summed E-state index contributed by atoms with van der Waals surface area (Å²) in [5, 5.41) is 20.9. The van der Waals surface area contributed by atoms with Crippen LogP contribution in [0.5, 0.6) is 0 Å². The first-order valence-corrected chi connectivity index (χ1v) is 4.76. The quantitative estimate of drug-likeness (QED) is 0.626. The Labute approximate surface area is 83.1 Å². The molecule has 5 heteroatoms. The van der Waals surface area contributed by atoms with Crippen molar-refractivity contribution in [3.63, 3.8) is 0 Å². The second-order valence-corrected chi connectivity index (χ2v) is 3.88. The number of rotatable bonds is 3. The number of ether oxygens (including phenoxy) is 1. The maximum Gasteiger partial charge on any atom is 0.404 e. The zero-order chi connectivity index (χ0) is 10.6. The lowest BCUT2D eigenvalue weighted by atomic mass is 9.83. The van der Waals surface area contributed by atoms with Gasteiger partial charge in [-0.1, -0.05) is 0 Å². The van der Waals surface area contributed by atoms with Crippen molar-refractivity contribution in [3.05, 3.63) is 0 Å². The Bertz CT molecular complexity index is 199. The largest absolute Gasteiger partial charge is 0.465 e. The van der Waals surface area contributed by atoms with Gasteiger partial charge in [0, 0.05) is 13.2 Å². The molecule has 0 atom stereocenters. The van der Waals surface area contributed by atoms with Gasteiger partial charge in [0.1, 0.15) is 0 Å². The predicted octanol–water partition coefficient (Wildman–Crippen LogP) is 0.574. The summed E-state index contributed by atoms with van der Waals surface area (Å²) in [6.45, 7) is 0.326. The predicted molar refractivity (Wildman–Crippen MR) is 50.2 cm³/mol. The number of carboxylic acid groups (broad SMARTS) is 1. The summed E-state index contributed by atoms with van der Waals surface area (Å²) in [5.74, 6) is 0. The second-order valence-electron chi connectivity index (χ2n) is 3.88. The topological polar surface area (TPSA) is 78.8 Å². The third kappa shape index (κ3) is 3.16. The van der Waals surface area contributed by atoms with Crippen molar-refractivity contribution < 1.29 is 19.7 Å². The van der Waals surface area contributed by atoms with E-state index in [1.54, 1.807) is 7.11 Å². The lowest BCUT2D eigenvalue weighted by Gasteiger charge is -2.35. The standard InChI is InChI=1S/C9H17NO4/c1-14-6-9(13)4-2-7(3-5-9)10-8(11)12/h7,10,13H,2-6H2,1H3,(H,11,12). The number of carbonyl (C=O) groups is 1. The van der Waals surface area contributed by atoms with E-state index in [0.717, 1.165) is 0 Å². The first-order valence-electron chi connectivity index (χ1n) is 4.76. The van der Waals surface area contributed by atoms with Gasteiger partial charge >= 0.3 is 6.09 Å². The molecule has 0 aliphatic heterocycles. The Kier molecular flexibility index (Phi) is 3.71. The zero-order valence-electron chi connectivity index (χ0n) is 8.32. The molecule has 0 spiro atoms. The number of amides is 1. The van der Waals surface area contributed by atoms with Crippen molar-refractivity contribution in [2.45, 2.75) is 37.3 Å². The van der Waals surface area contributed by atoms with Crippen LogP contribution in [0.2, 0.25) is 0 Å². The van der Waals surface area contributed by atoms with Gasteiger partial charge in [-0.25, -0.2) is 4.79 Å². The zero-order valence-corrected chi connectivity index (χ0v) is 8.32. The minimum atomic E-state index is -0.993. The monoisotopic (exact) mass is 203 g/mol. The molecule has 3 N–H and O–H groups in total. The van der Waals surface area contributed by atoms with Crippen molar-refractivity contribution in [3.8, 4) is 0 Å². The fourth-order valence-corrected chi connectivity index (χ4v) is 1.89. The first kappa shape index (κ1) is 11.3. The van der Waals surface area contributed by atoms with Crippen LogP contribution in [0, 0.1) is 0 Å². The molecule has 0 heterocycles. The fourth-order valence-electron chi connectivity index (χ4n) is 1.89. The first-order chi connectivity index (χ1) is 6.56. The van der Waals surface area contributed by atoms with Gasteiger partial charge in [0.25, 0.3) is 0 Å². The molecule has 1 saturated carbocycles. The van der Waals surface area contributed by atoms with Crippen LogP contribution in [-0.2, 0) is 4.74 Å². The number of hydrogen-bond donors (Lipinski definition) is 3. The maximum atomic E-state index is 10.4. The fraction of sp³-hybridized carbons (Fsp3) is 0.889. The summed E-state index contributed by atoms with van der Waals surface area (Å²) >= 11 is 0. The SMILES string of the molecule is COCC1(O)CCC(NC(=O)O)CC1. The molecule has 0 aromatic carbocycles. The van der Waals surface area contributed by atoms with E-state index in [4.69, 9.17) is 9.84 Å². The highest BCUT2D eigenvalue weighted by Crippen LogP contribution is 2.28. The Morgan fingerprint density at radius 1 is 1.57 bits per heavy atom. The summed E-state index contributed by atoms with van der Waals surface area (Å²) in [6, 6.07) is -0.0235. The van der Waals surface area contributed by atoms with Gasteiger partial charge in [-0.15, -0.1) is 0 Å². The van der Waals surface area contributed by atoms with Gasteiger partial charge in [0.05, 0.1) is 12.2 Å². The van der Waals surface area contributed by atoms with E-state index in [0.29, 0.717) is 32.3 Å². The number of aliphatic hydroxyl groups is 1. The Morgan fingerprint density at radius 3 is 2.57 bits per heavy atom. The molecule has 1 fully saturated rings. The summed E-state index contributed by atoms with van der Waals surface area (Å²) < 4.78 is 4.91. The molecule has 1 rings (SSSR count). The summed E-state index contributed by atoms with van der Waals surface area (Å²) in [4.78, 5) is 10.4. The van der Waals surface area contributed by atoms with E-state index < -0.39 is 11.7 Å². The van der Waals surface area contributed by atoms with Crippen LogP contribution < -0.4 is 5.32 Å². The molecular weight excluding hydrogens is 186 g/mol. The average Bonchev–Trinajstić information content (AvgIpc) is 2.09. The van der Waals surface area contributed by atoms with Gasteiger partial charge in [0.2, 0.25) is 0 Å². The van der Waals surface area contributed by atoms with Crippen LogP contribution in [0.15, 0.2) is 0 Å². The van der Waals surface area contributed by atoms with E-state index in [1.165, 1.54) is 0 Å². The highest BCUT2D eigenvalue weighted by Gasteiger charge is 2.33.